The van der Waals surface area contributed by atoms with E-state index in [1.807, 2.05) is 0 Å². The van der Waals surface area contributed by atoms with Crippen LogP contribution in [0.3, 0.4) is 0 Å². The summed E-state index contributed by atoms with van der Waals surface area (Å²) in [7, 11) is 0. The standard InChI is InChI=1S/C14H17ClF3N/c1-8(2)9-5-11(6-9)19-13-4-3-10(15)7-12(13)14(16,17)18/h3-4,7-9,11,19H,5-6H2,1-2H3. The van der Waals surface area contributed by atoms with E-state index in [4.69, 9.17) is 11.6 Å². The van der Waals surface area contributed by atoms with E-state index in [1.54, 1.807) is 0 Å². The molecule has 0 heterocycles. The second-order valence-corrected chi connectivity index (χ2v) is 5.94. The minimum absolute atomic E-state index is 0.103. The number of hydrogen-bond donors (Lipinski definition) is 1. The van der Waals surface area contributed by atoms with Gasteiger partial charge in [-0.15, -0.1) is 0 Å². The van der Waals surface area contributed by atoms with Crippen molar-refractivity contribution in [3.05, 3.63) is 28.8 Å². The average Bonchev–Trinajstić information content (AvgIpc) is 2.22. The Morgan fingerprint density at radius 2 is 1.89 bits per heavy atom. The second-order valence-electron chi connectivity index (χ2n) is 5.50. The molecule has 1 saturated carbocycles. The molecule has 1 aliphatic rings. The Morgan fingerprint density at radius 1 is 1.26 bits per heavy atom. The first-order valence-corrected chi connectivity index (χ1v) is 6.78. The van der Waals surface area contributed by atoms with Crippen LogP contribution in [0.4, 0.5) is 18.9 Å². The van der Waals surface area contributed by atoms with Crippen LogP contribution in [-0.4, -0.2) is 6.04 Å². The maximum atomic E-state index is 12.9. The first-order valence-electron chi connectivity index (χ1n) is 6.40. The van der Waals surface area contributed by atoms with E-state index in [-0.39, 0.29) is 16.8 Å². The smallest absolute Gasteiger partial charge is 0.382 e. The zero-order chi connectivity index (χ0) is 14.2. The molecule has 2 rings (SSSR count). The molecule has 0 amide bonds. The first-order chi connectivity index (χ1) is 8.77. The Kier molecular flexibility index (Phi) is 4.00. The van der Waals surface area contributed by atoms with Crippen LogP contribution < -0.4 is 5.32 Å². The summed E-state index contributed by atoms with van der Waals surface area (Å²) in [4.78, 5) is 0. The minimum atomic E-state index is -4.38. The lowest BCUT2D eigenvalue weighted by Crippen LogP contribution is -2.38. The predicted octanol–water partition coefficient (Wildman–Crippen LogP) is 5.21. The molecule has 0 atom stereocenters. The topological polar surface area (TPSA) is 12.0 Å². The van der Waals surface area contributed by atoms with Crippen LogP contribution in [0.5, 0.6) is 0 Å². The zero-order valence-corrected chi connectivity index (χ0v) is 11.6. The van der Waals surface area contributed by atoms with Gasteiger partial charge in [0.2, 0.25) is 0 Å². The predicted molar refractivity (Wildman–Crippen MR) is 71.4 cm³/mol. The summed E-state index contributed by atoms with van der Waals surface area (Å²) in [6, 6.07) is 4.00. The normalized spacial score (nSPS) is 23.3. The molecule has 0 saturated heterocycles. The maximum Gasteiger partial charge on any atom is 0.418 e. The lowest BCUT2D eigenvalue weighted by molar-refractivity contribution is -0.137. The van der Waals surface area contributed by atoms with Crippen molar-refractivity contribution in [3.63, 3.8) is 0 Å². The van der Waals surface area contributed by atoms with Crippen LogP contribution in [-0.2, 0) is 6.18 Å². The van der Waals surface area contributed by atoms with Gasteiger partial charge in [0.15, 0.2) is 0 Å². The Bertz CT molecular complexity index is 450. The maximum absolute atomic E-state index is 12.9. The SMILES string of the molecule is CC(C)C1CC(Nc2ccc(Cl)cc2C(F)(F)F)C1. The average molecular weight is 292 g/mol. The number of alkyl halides is 3. The van der Waals surface area contributed by atoms with Crippen LogP contribution in [0.1, 0.15) is 32.3 Å². The lowest BCUT2D eigenvalue weighted by Gasteiger charge is -2.39. The molecule has 1 fully saturated rings. The Balaban J connectivity index is 2.09. The van der Waals surface area contributed by atoms with Gasteiger partial charge in [0.25, 0.3) is 0 Å². The van der Waals surface area contributed by atoms with Gasteiger partial charge in [0.05, 0.1) is 5.56 Å². The Morgan fingerprint density at radius 3 is 2.42 bits per heavy atom. The van der Waals surface area contributed by atoms with Gasteiger partial charge in [-0.2, -0.15) is 13.2 Å². The Labute approximate surface area is 116 Å². The van der Waals surface area contributed by atoms with Crippen molar-refractivity contribution in [1.82, 2.24) is 0 Å². The Hall–Kier alpha value is -0.900. The number of anilines is 1. The van der Waals surface area contributed by atoms with Crippen molar-refractivity contribution in [2.45, 2.75) is 38.9 Å². The third kappa shape index (κ3) is 3.35. The van der Waals surface area contributed by atoms with E-state index in [1.165, 1.54) is 12.1 Å². The number of benzene rings is 1. The van der Waals surface area contributed by atoms with E-state index < -0.39 is 11.7 Å². The third-order valence-corrected chi connectivity index (χ3v) is 4.00. The van der Waals surface area contributed by atoms with Gasteiger partial charge < -0.3 is 5.32 Å². The summed E-state index contributed by atoms with van der Waals surface area (Å²) in [6.45, 7) is 4.29. The van der Waals surface area contributed by atoms with Gasteiger partial charge in [-0.25, -0.2) is 0 Å². The van der Waals surface area contributed by atoms with Crippen molar-refractivity contribution in [2.75, 3.05) is 5.32 Å². The molecule has 1 N–H and O–H groups in total. The largest absolute Gasteiger partial charge is 0.418 e. The van der Waals surface area contributed by atoms with Gasteiger partial charge in [0, 0.05) is 16.8 Å². The molecule has 1 aromatic carbocycles. The van der Waals surface area contributed by atoms with Gasteiger partial charge in [-0.3, -0.25) is 0 Å². The van der Waals surface area contributed by atoms with Crippen LogP contribution in [0.15, 0.2) is 18.2 Å². The quantitative estimate of drug-likeness (QED) is 0.806. The summed E-state index contributed by atoms with van der Waals surface area (Å²) in [5, 5.41) is 3.09. The van der Waals surface area contributed by atoms with Crippen molar-refractivity contribution < 1.29 is 13.2 Å². The van der Waals surface area contributed by atoms with Crippen molar-refractivity contribution in [3.8, 4) is 0 Å². The van der Waals surface area contributed by atoms with E-state index >= 15 is 0 Å². The van der Waals surface area contributed by atoms with E-state index in [0.717, 1.165) is 18.9 Å². The fraction of sp³-hybridized carbons (Fsp3) is 0.571. The highest BCUT2D eigenvalue weighted by Crippen LogP contribution is 2.40. The summed E-state index contributed by atoms with van der Waals surface area (Å²) in [6.07, 6.45) is -2.52. The van der Waals surface area contributed by atoms with Crippen LogP contribution in [0, 0.1) is 11.8 Å². The molecule has 0 aromatic heterocycles. The summed E-state index contributed by atoms with van der Waals surface area (Å²) in [5.74, 6) is 1.20. The highest BCUT2D eigenvalue weighted by molar-refractivity contribution is 6.30. The molecule has 0 radical (unpaired) electrons. The third-order valence-electron chi connectivity index (χ3n) is 3.76. The molecular formula is C14H17ClF3N. The van der Waals surface area contributed by atoms with Crippen LogP contribution in [0.25, 0.3) is 0 Å². The lowest BCUT2D eigenvalue weighted by atomic mass is 9.73. The zero-order valence-electron chi connectivity index (χ0n) is 10.9. The molecule has 1 nitrogen and oxygen atoms in total. The monoisotopic (exact) mass is 291 g/mol. The highest BCUT2D eigenvalue weighted by Gasteiger charge is 2.36. The van der Waals surface area contributed by atoms with Gasteiger partial charge >= 0.3 is 6.18 Å². The minimum Gasteiger partial charge on any atom is -0.382 e. The second kappa shape index (κ2) is 5.23. The summed E-state index contributed by atoms with van der Waals surface area (Å²) in [5.41, 5.74) is -0.558. The van der Waals surface area contributed by atoms with E-state index in [0.29, 0.717) is 11.8 Å². The number of hydrogen-bond acceptors (Lipinski definition) is 1. The fourth-order valence-electron chi connectivity index (χ4n) is 2.42. The summed E-state index contributed by atoms with van der Waals surface area (Å²) >= 11 is 5.64. The van der Waals surface area contributed by atoms with Gasteiger partial charge in [-0.05, 0) is 42.9 Å². The number of halogens is 4. The molecule has 0 spiro atoms. The summed E-state index contributed by atoms with van der Waals surface area (Å²) < 4.78 is 38.7. The molecule has 0 aliphatic heterocycles. The highest BCUT2D eigenvalue weighted by atomic mass is 35.5. The van der Waals surface area contributed by atoms with Crippen molar-refractivity contribution in [2.24, 2.45) is 11.8 Å². The van der Waals surface area contributed by atoms with Gasteiger partial charge in [-0.1, -0.05) is 25.4 Å². The molecule has 106 valence electrons. The molecule has 0 unspecified atom stereocenters. The first kappa shape index (κ1) is 14.5. The van der Waals surface area contributed by atoms with Crippen molar-refractivity contribution in [1.29, 1.82) is 0 Å². The molecule has 1 aliphatic carbocycles. The fourth-order valence-corrected chi connectivity index (χ4v) is 2.59. The number of nitrogens with one attached hydrogen (secondary N) is 1. The molecular weight excluding hydrogens is 275 g/mol. The number of rotatable bonds is 3. The molecule has 5 heteroatoms. The molecule has 1 aromatic rings. The molecule has 19 heavy (non-hydrogen) atoms. The van der Waals surface area contributed by atoms with Gasteiger partial charge in [0.1, 0.15) is 0 Å². The van der Waals surface area contributed by atoms with Crippen LogP contribution >= 0.6 is 11.6 Å². The van der Waals surface area contributed by atoms with Crippen molar-refractivity contribution >= 4 is 17.3 Å². The van der Waals surface area contributed by atoms with E-state index in [9.17, 15) is 13.2 Å². The van der Waals surface area contributed by atoms with E-state index in [2.05, 4.69) is 19.2 Å². The molecule has 0 bridgehead atoms. The van der Waals surface area contributed by atoms with Crippen LogP contribution in [0.2, 0.25) is 5.02 Å².